The van der Waals surface area contributed by atoms with Gasteiger partial charge in [0.2, 0.25) is 0 Å². The van der Waals surface area contributed by atoms with Crippen molar-refractivity contribution < 1.29 is 65.4 Å². The molecule has 0 aliphatic carbocycles. The zero-order valence-electron chi connectivity index (χ0n) is 5.17. The molecule has 1 rings (SSSR count). The molecule has 1 aliphatic heterocycles. The molecule has 1 unspecified atom stereocenters. The smallest absolute Gasteiger partial charge is 0 e. The molecule has 0 aromatic rings. The second-order valence-corrected chi connectivity index (χ2v) is 1.74. The van der Waals surface area contributed by atoms with Gasteiger partial charge in [-0.15, -0.1) is 6.54 Å². The number of likely N-dealkylation sites (tertiary alicyclic amines) is 1. The van der Waals surface area contributed by atoms with Gasteiger partial charge in [0.1, 0.15) is 0 Å². The van der Waals surface area contributed by atoms with Crippen LogP contribution >= 0.6 is 0 Å². The van der Waals surface area contributed by atoms with Crippen LogP contribution in [0.15, 0.2) is 0 Å². The van der Waals surface area contributed by atoms with E-state index in [0.717, 1.165) is 6.54 Å². The van der Waals surface area contributed by atoms with Gasteiger partial charge in [-0.3, -0.25) is 0 Å². The topological polar surface area (TPSA) is 3.24 Å². The van der Waals surface area contributed by atoms with Crippen LogP contribution in [0.2, 0.25) is 0 Å². The first kappa shape index (κ1) is 12.8. The van der Waals surface area contributed by atoms with Gasteiger partial charge in [-0.05, 0) is 7.05 Å². The van der Waals surface area contributed by atoms with Crippen molar-refractivity contribution in [2.45, 2.75) is 6.04 Å². The molecule has 0 amide bonds. The molecule has 0 saturated carbocycles. The van der Waals surface area contributed by atoms with Gasteiger partial charge < -0.3 is 18.2 Å². The quantitative estimate of drug-likeness (QED) is 0.568. The second kappa shape index (κ2) is 5.92. The maximum Gasteiger partial charge on any atom is 0 e. The van der Waals surface area contributed by atoms with Gasteiger partial charge in [0.05, 0.1) is 0 Å². The van der Waals surface area contributed by atoms with Crippen molar-refractivity contribution in [1.82, 2.24) is 4.90 Å². The van der Waals surface area contributed by atoms with Crippen LogP contribution < -0.4 is 0 Å². The van der Waals surface area contributed by atoms with E-state index in [1.165, 1.54) is 0 Å². The summed E-state index contributed by atoms with van der Waals surface area (Å²) in [7, 11) is 2.07. The summed E-state index contributed by atoms with van der Waals surface area (Å²) in [4.78, 5) is 2.18. The number of hydrogen-bond donors (Lipinski definition) is 0. The minimum atomic E-state index is 0. The van der Waals surface area contributed by atoms with Gasteiger partial charge in [-0.1, -0.05) is 0 Å². The Labute approximate surface area is 102 Å². The van der Waals surface area contributed by atoms with Crippen molar-refractivity contribution in [2.75, 3.05) is 13.6 Å². The van der Waals surface area contributed by atoms with Crippen LogP contribution in [0.4, 0.5) is 0 Å². The van der Waals surface area contributed by atoms with E-state index in [-0.39, 0.29) is 65.4 Å². The number of hydrogen-bond acceptors (Lipinski definition) is 1. The second-order valence-electron chi connectivity index (χ2n) is 1.74. The molecule has 1 aliphatic rings. The first-order valence-electron chi connectivity index (χ1n) is 2.17. The summed E-state index contributed by atoms with van der Waals surface area (Å²) in [6.45, 7) is 4.91. The van der Waals surface area contributed by atoms with Crippen LogP contribution in [0.1, 0.15) is 0 Å². The Morgan fingerprint density at radius 2 is 2.00 bits per heavy atom. The summed E-state index contributed by atoms with van der Waals surface area (Å²) < 4.78 is 0. The third-order valence-corrected chi connectivity index (χ3v) is 1.23. The predicted molar refractivity (Wildman–Crippen MR) is 26.1 cm³/mol. The fourth-order valence-electron chi connectivity index (χ4n) is 0.465. The van der Waals surface area contributed by atoms with Crippen molar-refractivity contribution in [1.29, 1.82) is 0 Å². The van der Waals surface area contributed by atoms with Crippen molar-refractivity contribution >= 4 is 0 Å². The molecule has 1 fully saturated rings. The average Bonchev–Trinajstić information content (AvgIpc) is 1.61. The molecule has 8 heavy (non-hydrogen) atoms. The summed E-state index contributed by atoms with van der Waals surface area (Å²) in [5.41, 5.74) is 0. The monoisotopic (exact) mass is 261 g/mol. The molecule has 0 N–H and O–H groups in total. The van der Waals surface area contributed by atoms with Crippen molar-refractivity contribution in [2.24, 2.45) is 0 Å². The summed E-state index contributed by atoms with van der Waals surface area (Å²) in [6.07, 6.45) is 2.18. The van der Waals surface area contributed by atoms with Gasteiger partial charge in [-0.25, -0.2) is 6.04 Å². The number of rotatable bonds is 0. The molecule has 0 aromatic heterocycles. The molecule has 1 nitrogen and oxygen atoms in total. The van der Waals surface area contributed by atoms with Crippen molar-refractivity contribution in [3.8, 4) is 0 Å². The molecule has 3 heteroatoms. The molecule has 42 valence electrons. The van der Waals surface area contributed by atoms with Gasteiger partial charge in [0, 0.05) is 65.4 Å². The maximum absolute atomic E-state index is 3.80. The van der Waals surface area contributed by atoms with Crippen LogP contribution in [0, 0.1) is 13.3 Å². The Bertz CT molecular complexity index is 50.4. The fourth-order valence-corrected chi connectivity index (χ4v) is 0.465. The molecule has 2 radical (unpaired) electrons. The van der Waals surface area contributed by atoms with Crippen LogP contribution in [0.3, 0.4) is 0 Å². The predicted octanol–water partition coefficient (Wildman–Crippen LogP) is 0.334. The molecule has 1 heterocycles. The van der Waals surface area contributed by atoms with E-state index in [9.17, 15) is 0 Å². The Morgan fingerprint density at radius 3 is 2.00 bits per heavy atom. The molecule has 0 bridgehead atoms. The van der Waals surface area contributed by atoms with Gasteiger partial charge in [0.25, 0.3) is 0 Å². The Morgan fingerprint density at radius 1 is 1.62 bits per heavy atom. The summed E-state index contributed by atoms with van der Waals surface area (Å²) in [6, 6.07) is 0.491. The Balaban J connectivity index is 0. The van der Waals surface area contributed by atoms with Gasteiger partial charge >= 0.3 is 0 Å². The average molecular weight is 261 g/mol. The Kier molecular flexibility index (Phi) is 9.47. The molecule has 0 aromatic carbocycles. The SMILES string of the molecule is [CH2-]C1[CH-]CN1C.[Y].[Y]. The number of nitrogens with zero attached hydrogens (tertiary/aromatic N) is 1. The molecular weight excluding hydrogens is 252 g/mol. The third kappa shape index (κ3) is 3.36. The molecule has 1 saturated heterocycles. The zero-order valence-corrected chi connectivity index (χ0v) is 10.8. The van der Waals surface area contributed by atoms with E-state index in [1.807, 2.05) is 0 Å². The van der Waals surface area contributed by atoms with Gasteiger partial charge in [-0.2, -0.15) is 0 Å². The third-order valence-electron chi connectivity index (χ3n) is 1.23. The van der Waals surface area contributed by atoms with Crippen LogP contribution in [-0.2, 0) is 65.4 Å². The first-order chi connectivity index (χ1) is 2.80. The van der Waals surface area contributed by atoms with E-state index in [0.29, 0.717) is 6.04 Å². The summed E-state index contributed by atoms with van der Waals surface area (Å²) in [5, 5.41) is 0. The van der Waals surface area contributed by atoms with Gasteiger partial charge in [0.15, 0.2) is 0 Å². The molecule has 1 atom stereocenters. The molecular formula is C5H9NY2-2. The van der Waals surface area contributed by atoms with E-state index in [1.54, 1.807) is 0 Å². The van der Waals surface area contributed by atoms with Crippen LogP contribution in [0.25, 0.3) is 0 Å². The minimum absolute atomic E-state index is 0. The summed E-state index contributed by atoms with van der Waals surface area (Å²) in [5.74, 6) is 0. The molecule has 0 spiro atoms. The summed E-state index contributed by atoms with van der Waals surface area (Å²) >= 11 is 0. The van der Waals surface area contributed by atoms with Crippen LogP contribution in [0.5, 0.6) is 0 Å². The van der Waals surface area contributed by atoms with E-state index >= 15 is 0 Å². The largest absolute Gasteiger partial charge is 0.391 e. The van der Waals surface area contributed by atoms with E-state index in [2.05, 4.69) is 25.3 Å². The standard InChI is InChI=1S/C5H9N.2Y/c1-5-3-4-6(5)2;;/h3,5H,1,4H2,2H3;;/q-2;;. The normalized spacial score (nSPS) is 27.0. The van der Waals surface area contributed by atoms with E-state index in [4.69, 9.17) is 0 Å². The van der Waals surface area contributed by atoms with E-state index < -0.39 is 0 Å². The van der Waals surface area contributed by atoms with Crippen molar-refractivity contribution in [3.63, 3.8) is 0 Å². The maximum atomic E-state index is 3.80. The zero-order chi connectivity index (χ0) is 4.57. The van der Waals surface area contributed by atoms with Crippen LogP contribution in [-0.4, -0.2) is 24.5 Å². The Hall–Kier alpha value is 2.17. The fraction of sp³-hybridized carbons (Fsp3) is 0.600. The first-order valence-corrected chi connectivity index (χ1v) is 2.17. The van der Waals surface area contributed by atoms with Crippen molar-refractivity contribution in [3.05, 3.63) is 13.3 Å². The minimum Gasteiger partial charge on any atom is -0.391 e.